The van der Waals surface area contributed by atoms with Crippen molar-refractivity contribution < 1.29 is 23.8 Å². The smallest absolute Gasteiger partial charge is 0.239 e. The highest BCUT2D eigenvalue weighted by Crippen LogP contribution is 2.35. The number of nitrogens with one attached hydrogen (secondary N) is 1. The van der Waals surface area contributed by atoms with Crippen LogP contribution in [0, 0.1) is 12.8 Å². The molecule has 1 atom stereocenters. The van der Waals surface area contributed by atoms with Crippen molar-refractivity contribution in [2.75, 3.05) is 38.1 Å². The first-order valence-electron chi connectivity index (χ1n) is 8.97. The maximum absolute atomic E-state index is 12.9. The van der Waals surface area contributed by atoms with Crippen LogP contribution in [0.1, 0.15) is 12.0 Å². The maximum atomic E-state index is 12.9. The lowest BCUT2D eigenvalue weighted by atomic mass is 10.1. The number of carbonyl (C=O) groups is 2. The summed E-state index contributed by atoms with van der Waals surface area (Å²) in [5.74, 6) is 0.353. The number of benzene rings is 2. The molecule has 2 aromatic carbocycles. The molecule has 0 saturated carbocycles. The Bertz CT molecular complexity index is 896. The van der Waals surface area contributed by atoms with Crippen LogP contribution < -0.4 is 24.4 Å². The van der Waals surface area contributed by atoms with Crippen LogP contribution in [0.5, 0.6) is 17.2 Å². The molecule has 0 spiro atoms. The second-order valence-corrected chi connectivity index (χ2v) is 6.57. The molecular formula is C21H24N2O5. The van der Waals surface area contributed by atoms with Gasteiger partial charge >= 0.3 is 0 Å². The Morgan fingerprint density at radius 2 is 1.68 bits per heavy atom. The van der Waals surface area contributed by atoms with Crippen molar-refractivity contribution in [2.24, 2.45) is 5.92 Å². The topological polar surface area (TPSA) is 77.1 Å². The van der Waals surface area contributed by atoms with Gasteiger partial charge < -0.3 is 24.4 Å². The molecule has 7 nitrogen and oxygen atoms in total. The summed E-state index contributed by atoms with van der Waals surface area (Å²) >= 11 is 0. The quantitative estimate of drug-likeness (QED) is 0.775. The van der Waals surface area contributed by atoms with E-state index in [1.807, 2.05) is 25.1 Å². The highest BCUT2D eigenvalue weighted by molar-refractivity contribution is 6.13. The first-order valence-corrected chi connectivity index (χ1v) is 8.97. The van der Waals surface area contributed by atoms with Crippen LogP contribution in [-0.4, -0.2) is 39.7 Å². The number of hydrogen-bond acceptors (Lipinski definition) is 5. The second kappa shape index (κ2) is 8.21. The van der Waals surface area contributed by atoms with E-state index in [2.05, 4.69) is 5.32 Å². The number of hydrogen-bond donors (Lipinski definition) is 1. The summed E-state index contributed by atoms with van der Waals surface area (Å²) in [5, 5.41) is 2.80. The van der Waals surface area contributed by atoms with E-state index in [9.17, 15) is 9.59 Å². The van der Waals surface area contributed by atoms with Crippen LogP contribution >= 0.6 is 0 Å². The van der Waals surface area contributed by atoms with E-state index in [4.69, 9.17) is 14.2 Å². The van der Waals surface area contributed by atoms with Gasteiger partial charge in [0.25, 0.3) is 0 Å². The SMILES string of the molecule is COc1ccc(NC(=O)C2CCN(c3cc(C)ccc3OC)C2=O)cc1OC. The molecule has 2 amide bonds. The molecule has 3 rings (SSSR count). The molecule has 1 heterocycles. The number of methoxy groups -OCH3 is 3. The Labute approximate surface area is 164 Å². The summed E-state index contributed by atoms with van der Waals surface area (Å²) in [7, 11) is 4.63. The minimum Gasteiger partial charge on any atom is -0.495 e. The normalized spacial score (nSPS) is 16.1. The minimum atomic E-state index is -0.752. The molecule has 2 aromatic rings. The molecule has 28 heavy (non-hydrogen) atoms. The second-order valence-electron chi connectivity index (χ2n) is 6.57. The number of carbonyl (C=O) groups excluding carboxylic acids is 2. The van der Waals surface area contributed by atoms with E-state index in [-0.39, 0.29) is 11.8 Å². The lowest BCUT2D eigenvalue weighted by Crippen LogP contribution is -2.33. The molecule has 1 fully saturated rings. The molecule has 1 aliphatic rings. The Morgan fingerprint density at radius 1 is 1.00 bits per heavy atom. The number of rotatable bonds is 6. The Hall–Kier alpha value is -3.22. The zero-order valence-corrected chi connectivity index (χ0v) is 16.4. The first kappa shape index (κ1) is 19.5. The molecule has 0 bridgehead atoms. The predicted molar refractivity (Wildman–Crippen MR) is 106 cm³/mol. The monoisotopic (exact) mass is 384 g/mol. The van der Waals surface area contributed by atoms with Crippen LogP contribution in [0.3, 0.4) is 0 Å². The summed E-state index contributed by atoms with van der Waals surface area (Å²) in [5.41, 5.74) is 2.25. The van der Waals surface area contributed by atoms with E-state index >= 15 is 0 Å². The van der Waals surface area contributed by atoms with Crippen LogP contribution in [0.4, 0.5) is 11.4 Å². The molecule has 1 unspecified atom stereocenters. The van der Waals surface area contributed by atoms with E-state index < -0.39 is 5.92 Å². The van der Waals surface area contributed by atoms with Crippen LogP contribution in [0.15, 0.2) is 36.4 Å². The molecule has 0 aromatic heterocycles. The molecule has 148 valence electrons. The van der Waals surface area contributed by atoms with Gasteiger partial charge in [0.1, 0.15) is 11.7 Å². The minimum absolute atomic E-state index is 0.234. The molecule has 1 saturated heterocycles. The largest absolute Gasteiger partial charge is 0.495 e. The lowest BCUT2D eigenvalue weighted by Gasteiger charge is -2.20. The fraction of sp³-hybridized carbons (Fsp3) is 0.333. The standard InChI is InChI=1S/C21H24N2O5/c1-13-5-7-17(26-2)16(11-13)23-10-9-15(21(23)25)20(24)22-14-6-8-18(27-3)19(12-14)28-4/h5-8,11-12,15H,9-10H2,1-4H3,(H,22,24). The van der Waals surface area contributed by atoms with Crippen molar-refractivity contribution in [3.63, 3.8) is 0 Å². The molecule has 0 radical (unpaired) electrons. The highest BCUT2D eigenvalue weighted by Gasteiger charge is 2.38. The number of anilines is 2. The predicted octanol–water partition coefficient (Wildman–Crippen LogP) is 3.01. The number of aryl methyl sites for hydroxylation is 1. The summed E-state index contributed by atoms with van der Waals surface area (Å²) in [6.45, 7) is 2.41. The van der Waals surface area contributed by atoms with Crippen molar-refractivity contribution in [1.82, 2.24) is 0 Å². The Balaban J connectivity index is 1.76. The zero-order valence-electron chi connectivity index (χ0n) is 16.4. The lowest BCUT2D eigenvalue weighted by molar-refractivity contribution is -0.129. The summed E-state index contributed by atoms with van der Waals surface area (Å²) in [4.78, 5) is 27.2. The fourth-order valence-corrected chi connectivity index (χ4v) is 3.32. The third-order valence-electron chi connectivity index (χ3n) is 4.80. The van der Waals surface area contributed by atoms with Crippen LogP contribution in [0.25, 0.3) is 0 Å². The van der Waals surface area contributed by atoms with Crippen LogP contribution in [0.2, 0.25) is 0 Å². The summed E-state index contributed by atoms with van der Waals surface area (Å²) in [6.07, 6.45) is 0.440. The van der Waals surface area contributed by atoms with Crippen molar-refractivity contribution in [2.45, 2.75) is 13.3 Å². The van der Waals surface area contributed by atoms with Gasteiger partial charge in [0.15, 0.2) is 11.5 Å². The number of amides is 2. The average Bonchev–Trinajstić information content (AvgIpc) is 3.09. The van der Waals surface area contributed by atoms with Gasteiger partial charge in [-0.05, 0) is 43.2 Å². The van der Waals surface area contributed by atoms with Gasteiger partial charge in [-0.25, -0.2) is 0 Å². The van der Waals surface area contributed by atoms with Gasteiger partial charge in [0.2, 0.25) is 11.8 Å². The average molecular weight is 384 g/mol. The van der Waals surface area contributed by atoms with E-state index in [0.29, 0.717) is 41.6 Å². The number of ether oxygens (including phenoxy) is 3. The summed E-state index contributed by atoms with van der Waals surface area (Å²) < 4.78 is 15.8. The summed E-state index contributed by atoms with van der Waals surface area (Å²) in [6, 6.07) is 10.7. The van der Waals surface area contributed by atoms with E-state index in [1.54, 1.807) is 37.3 Å². The first-order chi connectivity index (χ1) is 13.5. The van der Waals surface area contributed by atoms with E-state index in [0.717, 1.165) is 5.56 Å². The van der Waals surface area contributed by atoms with Gasteiger partial charge in [-0.2, -0.15) is 0 Å². The number of nitrogens with zero attached hydrogens (tertiary/aromatic N) is 1. The van der Waals surface area contributed by atoms with Crippen molar-refractivity contribution >= 4 is 23.2 Å². The van der Waals surface area contributed by atoms with Gasteiger partial charge in [-0.1, -0.05) is 6.07 Å². The maximum Gasteiger partial charge on any atom is 0.239 e. The van der Waals surface area contributed by atoms with Crippen molar-refractivity contribution in [3.8, 4) is 17.2 Å². The van der Waals surface area contributed by atoms with Crippen molar-refractivity contribution in [1.29, 1.82) is 0 Å². The van der Waals surface area contributed by atoms with Gasteiger partial charge in [-0.15, -0.1) is 0 Å². The van der Waals surface area contributed by atoms with Crippen molar-refractivity contribution in [3.05, 3.63) is 42.0 Å². The third kappa shape index (κ3) is 3.74. The van der Waals surface area contributed by atoms with Gasteiger partial charge in [0, 0.05) is 18.3 Å². The zero-order chi connectivity index (χ0) is 20.3. The Kier molecular flexibility index (Phi) is 5.73. The molecule has 1 N–H and O–H groups in total. The third-order valence-corrected chi connectivity index (χ3v) is 4.80. The molecule has 7 heteroatoms. The van der Waals surface area contributed by atoms with Gasteiger partial charge in [0.05, 0.1) is 27.0 Å². The Morgan fingerprint density at radius 3 is 2.36 bits per heavy atom. The highest BCUT2D eigenvalue weighted by atomic mass is 16.5. The van der Waals surface area contributed by atoms with Gasteiger partial charge in [-0.3, -0.25) is 9.59 Å². The molecule has 0 aliphatic carbocycles. The molecular weight excluding hydrogens is 360 g/mol. The van der Waals surface area contributed by atoms with E-state index in [1.165, 1.54) is 7.11 Å². The van der Waals surface area contributed by atoms with Crippen LogP contribution in [-0.2, 0) is 9.59 Å². The fourth-order valence-electron chi connectivity index (χ4n) is 3.32. The molecule has 1 aliphatic heterocycles.